The molecule has 1 saturated carbocycles. The Labute approximate surface area is 126 Å². The summed E-state index contributed by atoms with van der Waals surface area (Å²) in [5.74, 6) is 2.09. The Morgan fingerprint density at radius 1 is 1.05 bits per heavy atom. The molecule has 1 atom stereocenters. The van der Waals surface area contributed by atoms with Gasteiger partial charge in [-0.1, -0.05) is 34.6 Å². The summed E-state index contributed by atoms with van der Waals surface area (Å²) in [4.78, 5) is 12.8. The summed E-state index contributed by atoms with van der Waals surface area (Å²) in [5, 5.41) is 0. The molecule has 1 aliphatic carbocycles. The first-order valence-corrected chi connectivity index (χ1v) is 7.69. The van der Waals surface area contributed by atoms with Crippen LogP contribution in [0.15, 0.2) is 18.2 Å². The number of carbonyl (C=O) groups is 1. The average molecular weight is 288 g/mol. The fourth-order valence-electron chi connectivity index (χ4n) is 3.42. The van der Waals surface area contributed by atoms with E-state index in [9.17, 15) is 4.79 Å². The molecule has 0 N–H and O–H groups in total. The van der Waals surface area contributed by atoms with E-state index in [2.05, 4.69) is 34.6 Å². The lowest BCUT2D eigenvalue weighted by molar-refractivity contribution is 0.0944. The molecule has 0 saturated heterocycles. The molecule has 0 spiro atoms. The Bertz CT molecular complexity index is 572. The quantitative estimate of drug-likeness (QED) is 0.773. The Balaban J connectivity index is 1.87. The number of benzene rings is 1. The van der Waals surface area contributed by atoms with Gasteiger partial charge in [-0.05, 0) is 29.0 Å². The number of Topliss-reactive ketones (excluding diaryl/α,β-unsaturated/α-hetero) is 1. The predicted molar refractivity (Wildman–Crippen MR) is 82.0 cm³/mol. The molecule has 0 amide bonds. The van der Waals surface area contributed by atoms with Crippen LogP contribution in [0.4, 0.5) is 0 Å². The van der Waals surface area contributed by atoms with Crippen molar-refractivity contribution in [2.75, 3.05) is 13.2 Å². The fourth-order valence-corrected chi connectivity index (χ4v) is 3.42. The summed E-state index contributed by atoms with van der Waals surface area (Å²) in [6.45, 7) is 12.0. The third kappa shape index (κ3) is 2.14. The molecule has 3 rings (SSSR count). The molecule has 3 heteroatoms. The Kier molecular flexibility index (Phi) is 3.09. The Hall–Kier alpha value is -1.51. The molecular weight excluding hydrogens is 264 g/mol. The molecule has 1 unspecified atom stereocenters. The third-order valence-corrected chi connectivity index (χ3v) is 5.56. The van der Waals surface area contributed by atoms with Gasteiger partial charge in [-0.15, -0.1) is 0 Å². The minimum absolute atomic E-state index is 0.0583. The molecule has 3 nitrogen and oxygen atoms in total. The van der Waals surface area contributed by atoms with Gasteiger partial charge >= 0.3 is 0 Å². The highest BCUT2D eigenvalue weighted by Crippen LogP contribution is 2.69. The zero-order chi connectivity index (χ0) is 15.4. The second-order valence-electron chi connectivity index (χ2n) is 7.63. The van der Waals surface area contributed by atoms with Crippen molar-refractivity contribution in [2.45, 2.75) is 34.6 Å². The summed E-state index contributed by atoms with van der Waals surface area (Å²) >= 11 is 0. The maximum Gasteiger partial charge on any atom is 0.167 e. The van der Waals surface area contributed by atoms with E-state index in [0.29, 0.717) is 24.9 Å². The van der Waals surface area contributed by atoms with Crippen LogP contribution < -0.4 is 9.47 Å². The number of ketones is 1. The summed E-state index contributed by atoms with van der Waals surface area (Å²) < 4.78 is 11.5. The highest BCUT2D eigenvalue weighted by molar-refractivity contribution is 6.01. The van der Waals surface area contributed by atoms with Crippen LogP contribution in [0.25, 0.3) is 0 Å². The van der Waals surface area contributed by atoms with Gasteiger partial charge in [0.15, 0.2) is 17.3 Å². The van der Waals surface area contributed by atoms with E-state index in [1.54, 1.807) is 0 Å². The summed E-state index contributed by atoms with van der Waals surface area (Å²) in [5.41, 5.74) is 0.849. The largest absolute Gasteiger partial charge is 0.489 e. The van der Waals surface area contributed by atoms with E-state index in [1.165, 1.54) is 0 Å². The van der Waals surface area contributed by atoms with Gasteiger partial charge in [0.1, 0.15) is 0 Å². The van der Waals surface area contributed by atoms with E-state index in [1.807, 2.05) is 18.2 Å². The highest BCUT2D eigenvalue weighted by atomic mass is 16.5. The van der Waals surface area contributed by atoms with Gasteiger partial charge < -0.3 is 9.47 Å². The lowest BCUT2D eigenvalue weighted by Crippen LogP contribution is -2.12. The number of carbonyl (C=O) groups excluding carboxylic acids is 1. The standard InChI is InChI=1S/C18H24O3/c1-11-9-20-13-7-6-12(8-14(13)21-10-11)15(19)16-17(2,3)18(16,4)5/h6-8,11,16H,9-10H2,1-5H3. The lowest BCUT2D eigenvalue weighted by Gasteiger charge is -2.09. The molecule has 1 heterocycles. The normalized spacial score (nSPS) is 26.0. The van der Waals surface area contributed by atoms with Gasteiger partial charge in [0.05, 0.1) is 13.2 Å². The van der Waals surface area contributed by atoms with Crippen LogP contribution in [-0.2, 0) is 0 Å². The maximum atomic E-state index is 12.8. The van der Waals surface area contributed by atoms with Crippen LogP contribution in [0.1, 0.15) is 45.0 Å². The van der Waals surface area contributed by atoms with Crippen LogP contribution in [0.2, 0.25) is 0 Å². The minimum atomic E-state index is 0.0583. The van der Waals surface area contributed by atoms with Gasteiger partial charge in [-0.25, -0.2) is 0 Å². The SMILES string of the molecule is CC1COc2ccc(C(=O)C3C(C)(C)C3(C)C)cc2OC1. The van der Waals surface area contributed by atoms with Gasteiger partial charge in [0.25, 0.3) is 0 Å². The highest BCUT2D eigenvalue weighted by Gasteiger charge is 2.67. The summed E-state index contributed by atoms with van der Waals surface area (Å²) in [7, 11) is 0. The van der Waals surface area contributed by atoms with Crippen molar-refractivity contribution in [2.24, 2.45) is 22.7 Å². The molecule has 1 fully saturated rings. The van der Waals surface area contributed by atoms with E-state index < -0.39 is 0 Å². The molecule has 114 valence electrons. The molecule has 2 aliphatic rings. The number of rotatable bonds is 2. The Morgan fingerprint density at radius 3 is 2.19 bits per heavy atom. The number of ether oxygens (including phenoxy) is 2. The Morgan fingerprint density at radius 2 is 1.62 bits per heavy atom. The number of fused-ring (bicyclic) bond motifs is 1. The molecular formula is C18H24O3. The zero-order valence-electron chi connectivity index (χ0n) is 13.5. The van der Waals surface area contributed by atoms with Crippen LogP contribution in [0.3, 0.4) is 0 Å². The van der Waals surface area contributed by atoms with E-state index in [0.717, 1.165) is 11.3 Å². The average Bonchev–Trinajstić information content (AvgIpc) is 2.91. The van der Waals surface area contributed by atoms with Crippen LogP contribution in [0, 0.1) is 22.7 Å². The smallest absolute Gasteiger partial charge is 0.167 e. The van der Waals surface area contributed by atoms with E-state index in [4.69, 9.17) is 9.47 Å². The van der Waals surface area contributed by atoms with Crippen molar-refractivity contribution in [1.82, 2.24) is 0 Å². The molecule has 21 heavy (non-hydrogen) atoms. The topological polar surface area (TPSA) is 35.5 Å². The van der Waals surface area contributed by atoms with Gasteiger partial charge in [-0.3, -0.25) is 4.79 Å². The molecule has 1 aliphatic heterocycles. The predicted octanol–water partition coefficient (Wildman–Crippen LogP) is 3.96. The molecule has 1 aromatic rings. The van der Waals surface area contributed by atoms with Crippen molar-refractivity contribution >= 4 is 5.78 Å². The summed E-state index contributed by atoms with van der Waals surface area (Å²) in [6.07, 6.45) is 0. The third-order valence-electron chi connectivity index (χ3n) is 5.56. The lowest BCUT2D eigenvalue weighted by atomic mass is 10.0. The number of hydrogen-bond donors (Lipinski definition) is 0. The molecule has 0 bridgehead atoms. The first kappa shape index (κ1) is 14.4. The first-order chi connectivity index (χ1) is 9.75. The minimum Gasteiger partial charge on any atom is -0.489 e. The molecule has 1 aromatic carbocycles. The van der Waals surface area contributed by atoms with Crippen LogP contribution >= 0.6 is 0 Å². The molecule has 0 aromatic heterocycles. The second kappa shape index (κ2) is 4.49. The molecule has 0 radical (unpaired) electrons. The number of hydrogen-bond acceptors (Lipinski definition) is 3. The maximum absolute atomic E-state index is 12.8. The fraction of sp³-hybridized carbons (Fsp3) is 0.611. The van der Waals surface area contributed by atoms with Crippen LogP contribution in [0.5, 0.6) is 11.5 Å². The van der Waals surface area contributed by atoms with Crippen molar-refractivity contribution < 1.29 is 14.3 Å². The van der Waals surface area contributed by atoms with Crippen molar-refractivity contribution in [3.8, 4) is 11.5 Å². The van der Waals surface area contributed by atoms with E-state index >= 15 is 0 Å². The van der Waals surface area contributed by atoms with Crippen molar-refractivity contribution in [3.05, 3.63) is 23.8 Å². The summed E-state index contributed by atoms with van der Waals surface area (Å²) in [6, 6.07) is 5.58. The van der Waals surface area contributed by atoms with Crippen molar-refractivity contribution in [3.63, 3.8) is 0 Å². The van der Waals surface area contributed by atoms with E-state index in [-0.39, 0.29) is 22.5 Å². The van der Waals surface area contributed by atoms with Crippen molar-refractivity contribution in [1.29, 1.82) is 0 Å². The monoisotopic (exact) mass is 288 g/mol. The second-order valence-corrected chi connectivity index (χ2v) is 7.63. The first-order valence-electron chi connectivity index (χ1n) is 7.69. The van der Waals surface area contributed by atoms with Gasteiger partial charge in [0, 0.05) is 17.4 Å². The van der Waals surface area contributed by atoms with Gasteiger partial charge in [0.2, 0.25) is 0 Å². The zero-order valence-corrected chi connectivity index (χ0v) is 13.5. The van der Waals surface area contributed by atoms with Gasteiger partial charge in [-0.2, -0.15) is 0 Å². The van der Waals surface area contributed by atoms with Crippen LogP contribution in [-0.4, -0.2) is 19.0 Å².